The zero-order valence-corrected chi connectivity index (χ0v) is 18.6. The average Bonchev–Trinajstić information content (AvgIpc) is 2.74. The number of halogens is 2. The quantitative estimate of drug-likeness (QED) is 0.326. The highest BCUT2D eigenvalue weighted by Gasteiger charge is 2.15. The van der Waals surface area contributed by atoms with E-state index in [1.54, 1.807) is 29.9 Å². The molecule has 4 aromatic rings. The van der Waals surface area contributed by atoms with Crippen molar-refractivity contribution < 1.29 is 4.74 Å². The van der Waals surface area contributed by atoms with Crippen LogP contribution in [0.15, 0.2) is 71.5 Å². The number of benzene rings is 3. The highest BCUT2D eigenvalue weighted by molar-refractivity contribution is 14.1. The van der Waals surface area contributed by atoms with E-state index in [4.69, 9.17) is 21.3 Å². The van der Waals surface area contributed by atoms with Gasteiger partial charge in [0.1, 0.15) is 11.6 Å². The monoisotopic (exact) mass is 516 g/mol. The van der Waals surface area contributed by atoms with Crippen molar-refractivity contribution in [3.05, 3.63) is 91.2 Å². The Morgan fingerprint density at radius 2 is 1.83 bits per heavy atom. The second kappa shape index (κ2) is 8.55. The lowest BCUT2D eigenvalue weighted by molar-refractivity contribution is 0.414. The molecule has 1 aromatic heterocycles. The number of nitrogens with zero attached hydrogens (tertiary/aromatic N) is 2. The van der Waals surface area contributed by atoms with Crippen molar-refractivity contribution in [1.82, 2.24) is 9.55 Å². The minimum absolute atomic E-state index is 0.0827. The topological polar surface area (TPSA) is 44.1 Å². The third kappa shape index (κ3) is 4.16. The van der Waals surface area contributed by atoms with Crippen LogP contribution in [0.1, 0.15) is 5.56 Å². The fourth-order valence-electron chi connectivity index (χ4n) is 3.28. The lowest BCUT2D eigenvalue weighted by atomic mass is 10.1. The van der Waals surface area contributed by atoms with Gasteiger partial charge in [0, 0.05) is 20.7 Å². The highest BCUT2D eigenvalue weighted by Crippen LogP contribution is 2.25. The van der Waals surface area contributed by atoms with E-state index in [1.807, 2.05) is 48.5 Å². The zero-order valence-electron chi connectivity index (χ0n) is 15.7. The SMILES string of the molecule is COc1ccc(CCn2c(-c3ccccc3I)nc3ccc(Cl)cc3c2=O)cc1. The van der Waals surface area contributed by atoms with Crippen LogP contribution in [-0.2, 0) is 13.0 Å². The Morgan fingerprint density at radius 3 is 2.55 bits per heavy atom. The van der Waals surface area contributed by atoms with Gasteiger partial charge in [0.2, 0.25) is 0 Å². The Morgan fingerprint density at radius 1 is 1.07 bits per heavy atom. The zero-order chi connectivity index (χ0) is 20.4. The minimum atomic E-state index is -0.0827. The number of aromatic nitrogens is 2. The van der Waals surface area contributed by atoms with Crippen LogP contribution in [0.4, 0.5) is 0 Å². The first-order chi connectivity index (χ1) is 14.1. The largest absolute Gasteiger partial charge is 0.497 e. The standard InChI is InChI=1S/C23H18ClIN2O2/c1-29-17-9-6-15(7-10-17)12-13-27-22(18-4-2-3-5-20(18)25)26-21-11-8-16(24)14-19(21)23(27)28/h2-11,14H,12-13H2,1H3. The van der Waals surface area contributed by atoms with Crippen molar-refractivity contribution in [2.24, 2.45) is 0 Å². The normalized spacial score (nSPS) is 11.0. The maximum atomic E-state index is 13.3. The van der Waals surface area contributed by atoms with Gasteiger partial charge in [-0.2, -0.15) is 0 Å². The van der Waals surface area contributed by atoms with Gasteiger partial charge in [-0.1, -0.05) is 41.9 Å². The van der Waals surface area contributed by atoms with E-state index in [0.29, 0.717) is 34.7 Å². The van der Waals surface area contributed by atoms with Crippen molar-refractivity contribution in [3.8, 4) is 17.1 Å². The van der Waals surface area contributed by atoms with Crippen LogP contribution in [0.3, 0.4) is 0 Å². The summed E-state index contributed by atoms with van der Waals surface area (Å²) in [5.41, 5.74) is 2.63. The molecule has 0 aliphatic rings. The van der Waals surface area contributed by atoms with E-state index in [2.05, 4.69) is 22.6 Å². The first kappa shape index (κ1) is 19.9. The number of methoxy groups -OCH3 is 1. The van der Waals surface area contributed by atoms with E-state index in [1.165, 1.54) is 0 Å². The molecule has 0 fully saturated rings. The molecular weight excluding hydrogens is 499 g/mol. The Bertz CT molecular complexity index is 1240. The molecule has 1 heterocycles. The molecule has 0 saturated carbocycles. The van der Waals surface area contributed by atoms with Crippen LogP contribution >= 0.6 is 34.2 Å². The number of ether oxygens (including phenoxy) is 1. The summed E-state index contributed by atoms with van der Waals surface area (Å²) in [5, 5.41) is 1.06. The lowest BCUT2D eigenvalue weighted by Crippen LogP contribution is -2.24. The molecule has 4 rings (SSSR count). The van der Waals surface area contributed by atoms with Crippen LogP contribution < -0.4 is 10.3 Å². The average molecular weight is 517 g/mol. The molecule has 0 aliphatic carbocycles. The summed E-state index contributed by atoms with van der Waals surface area (Å²) in [6.45, 7) is 0.515. The molecule has 0 bridgehead atoms. The molecule has 4 nitrogen and oxygen atoms in total. The molecule has 0 radical (unpaired) electrons. The van der Waals surface area contributed by atoms with Gasteiger partial charge in [-0.3, -0.25) is 9.36 Å². The summed E-state index contributed by atoms with van der Waals surface area (Å²) in [7, 11) is 1.65. The van der Waals surface area contributed by atoms with E-state index in [-0.39, 0.29) is 5.56 Å². The molecule has 0 aliphatic heterocycles. The predicted octanol–water partition coefficient (Wildman–Crippen LogP) is 5.57. The van der Waals surface area contributed by atoms with Crippen molar-refractivity contribution in [1.29, 1.82) is 0 Å². The van der Waals surface area contributed by atoms with Gasteiger partial charge >= 0.3 is 0 Å². The molecule has 146 valence electrons. The van der Waals surface area contributed by atoms with Gasteiger partial charge in [-0.25, -0.2) is 4.98 Å². The second-order valence-electron chi connectivity index (χ2n) is 6.63. The summed E-state index contributed by atoms with van der Waals surface area (Å²) < 4.78 is 8.02. The summed E-state index contributed by atoms with van der Waals surface area (Å²) >= 11 is 8.42. The summed E-state index contributed by atoms with van der Waals surface area (Å²) in [6, 6.07) is 21.1. The molecule has 29 heavy (non-hydrogen) atoms. The van der Waals surface area contributed by atoms with Crippen LogP contribution in [0.5, 0.6) is 5.75 Å². The highest BCUT2D eigenvalue weighted by atomic mass is 127. The van der Waals surface area contributed by atoms with E-state index < -0.39 is 0 Å². The van der Waals surface area contributed by atoms with Crippen LogP contribution in [0.2, 0.25) is 5.02 Å². The summed E-state index contributed by atoms with van der Waals surface area (Å²) in [4.78, 5) is 18.2. The molecule has 0 spiro atoms. The fraction of sp³-hybridized carbons (Fsp3) is 0.130. The summed E-state index contributed by atoms with van der Waals surface area (Å²) in [6.07, 6.45) is 0.702. The van der Waals surface area contributed by atoms with E-state index in [0.717, 1.165) is 20.4 Å². The molecule has 6 heteroatoms. The maximum Gasteiger partial charge on any atom is 0.261 e. The Balaban J connectivity index is 1.83. The van der Waals surface area contributed by atoms with E-state index in [9.17, 15) is 4.79 Å². The summed E-state index contributed by atoms with van der Waals surface area (Å²) in [5.74, 6) is 1.48. The lowest BCUT2D eigenvalue weighted by Gasteiger charge is -2.15. The number of hydrogen-bond acceptors (Lipinski definition) is 3. The fourth-order valence-corrected chi connectivity index (χ4v) is 4.08. The van der Waals surface area contributed by atoms with Gasteiger partial charge in [0.25, 0.3) is 5.56 Å². The first-order valence-electron chi connectivity index (χ1n) is 9.15. The third-order valence-corrected chi connectivity index (χ3v) is 5.99. The van der Waals surface area contributed by atoms with E-state index >= 15 is 0 Å². The van der Waals surface area contributed by atoms with Gasteiger partial charge in [-0.15, -0.1) is 0 Å². The van der Waals surface area contributed by atoms with Gasteiger partial charge in [-0.05, 0) is 71.0 Å². The number of fused-ring (bicyclic) bond motifs is 1. The Kier molecular flexibility index (Phi) is 5.87. The van der Waals surface area contributed by atoms with Crippen LogP contribution in [0.25, 0.3) is 22.3 Å². The third-order valence-electron chi connectivity index (χ3n) is 4.81. The smallest absolute Gasteiger partial charge is 0.261 e. The second-order valence-corrected chi connectivity index (χ2v) is 8.23. The Labute approximate surface area is 187 Å². The van der Waals surface area contributed by atoms with Gasteiger partial charge in [0.15, 0.2) is 0 Å². The molecule has 0 saturated heterocycles. The van der Waals surface area contributed by atoms with Crippen molar-refractivity contribution in [2.75, 3.05) is 7.11 Å². The minimum Gasteiger partial charge on any atom is -0.497 e. The Hall–Kier alpha value is -2.38. The molecule has 0 atom stereocenters. The molecule has 0 amide bonds. The van der Waals surface area contributed by atoms with Crippen LogP contribution in [-0.4, -0.2) is 16.7 Å². The van der Waals surface area contributed by atoms with Crippen molar-refractivity contribution >= 4 is 45.1 Å². The molecular formula is C23H18ClIN2O2. The van der Waals surface area contributed by atoms with Crippen molar-refractivity contribution in [3.63, 3.8) is 0 Å². The maximum absolute atomic E-state index is 13.3. The number of rotatable bonds is 5. The van der Waals surface area contributed by atoms with Gasteiger partial charge in [0.05, 0.1) is 18.0 Å². The molecule has 0 N–H and O–H groups in total. The van der Waals surface area contributed by atoms with Crippen LogP contribution in [0, 0.1) is 3.57 Å². The first-order valence-corrected chi connectivity index (χ1v) is 10.6. The van der Waals surface area contributed by atoms with Crippen molar-refractivity contribution in [2.45, 2.75) is 13.0 Å². The molecule has 0 unspecified atom stereocenters. The number of hydrogen-bond donors (Lipinski definition) is 0. The number of aryl methyl sites for hydroxylation is 1. The van der Waals surface area contributed by atoms with Gasteiger partial charge < -0.3 is 4.74 Å². The predicted molar refractivity (Wildman–Crippen MR) is 126 cm³/mol. The molecule has 3 aromatic carbocycles.